The summed E-state index contributed by atoms with van der Waals surface area (Å²) in [6, 6.07) is 175. The van der Waals surface area contributed by atoms with Gasteiger partial charge in [0.1, 0.15) is 11.2 Å². The van der Waals surface area contributed by atoms with E-state index in [1.54, 1.807) is 0 Å². The maximum Gasteiger partial charge on any atom is 0.160 e. The lowest BCUT2D eigenvalue weighted by molar-refractivity contribution is 0.661. The zero-order chi connectivity index (χ0) is 98.4. The third-order valence-electron chi connectivity index (χ3n) is 30.7. The number of nitrogens with zero attached hydrogens (tertiary/aromatic N) is 9. The average molecular weight is 1890 g/mol. The van der Waals surface area contributed by atoms with E-state index in [9.17, 15) is 0 Å². The van der Waals surface area contributed by atoms with Gasteiger partial charge in [-0.1, -0.05) is 367 Å². The molecule has 28 aromatic rings. The van der Waals surface area contributed by atoms with E-state index in [2.05, 4.69) is 478 Å². The van der Waals surface area contributed by atoms with Crippen LogP contribution in [0.4, 0.5) is 0 Å². The normalized spacial score (nSPS) is 12.7. The van der Waals surface area contributed by atoms with Crippen molar-refractivity contribution in [3.63, 3.8) is 0 Å². The maximum absolute atomic E-state index is 6.31. The molecule has 0 bridgehead atoms. The number of para-hydroxylation sites is 7. The van der Waals surface area contributed by atoms with Gasteiger partial charge < -0.3 is 18.1 Å². The zero-order valence-electron chi connectivity index (χ0n) is 81.7. The first kappa shape index (κ1) is 86.7. The molecule has 0 aliphatic heterocycles. The lowest BCUT2D eigenvalue weighted by Crippen LogP contribution is -2.14. The van der Waals surface area contributed by atoms with Crippen LogP contribution in [-0.4, -0.2) is 43.6 Å². The second-order valence-corrected chi connectivity index (χ2v) is 39.9. The third kappa shape index (κ3) is 14.5. The highest BCUT2D eigenvalue weighted by atomic mass is 16.3. The molecule has 7 aromatic heterocycles. The lowest BCUT2D eigenvalue weighted by Gasteiger charge is -2.21. The van der Waals surface area contributed by atoms with Gasteiger partial charge in [-0.15, -0.1) is 0 Å². The van der Waals surface area contributed by atoms with Crippen molar-refractivity contribution in [1.82, 2.24) is 43.6 Å². The minimum absolute atomic E-state index is 0.0480. The largest absolute Gasteiger partial charge is 0.456 e. The number of benzene rings is 21. The van der Waals surface area contributed by atoms with Crippen molar-refractivity contribution in [2.24, 2.45) is 0 Å². The quantitative estimate of drug-likeness (QED) is 0.120. The minimum Gasteiger partial charge on any atom is -0.456 e. The van der Waals surface area contributed by atoms with Crippen LogP contribution in [0.25, 0.3) is 261 Å². The molecule has 0 saturated heterocycles. The van der Waals surface area contributed by atoms with Gasteiger partial charge in [0.05, 0.1) is 66.7 Å². The van der Waals surface area contributed by atoms with Crippen LogP contribution >= 0.6 is 0 Å². The van der Waals surface area contributed by atoms with Crippen LogP contribution in [0.3, 0.4) is 0 Å². The number of furan rings is 1. The SMILES string of the molecule is CC1(C)c2ccccc2-c2cc3c(cc21)c1ccccc1n3-c1ccc(-c2nc(-c3ccc(-c4ccccc4)cc3)c3ccccc3n2)cc1.CC1(C)c2ccccc2-c2cc3c4ccccc4n(-c4ccc(-c5nc(-c6ccc(-c7ccccc7)cc6)c6ccccc6n5)cc4)c3cc21.c1ccc(-c2ccc(-c3nc(-c4ccc(-n5c6ccccc6c6cc7c(cc65)oc5ccccc57)cc4)nc4ccccc34)cc2)cc1. The van der Waals surface area contributed by atoms with Crippen LogP contribution in [-0.2, 0) is 10.8 Å². The monoisotopic (exact) mass is 1890 g/mol. The van der Waals surface area contributed by atoms with Gasteiger partial charge in [-0.25, -0.2) is 29.9 Å². The molecule has 0 fully saturated rings. The van der Waals surface area contributed by atoms with Gasteiger partial charge in [-0.2, -0.15) is 0 Å². The third-order valence-corrected chi connectivity index (χ3v) is 30.7. The first-order valence-electron chi connectivity index (χ1n) is 50.7. The van der Waals surface area contributed by atoms with Crippen molar-refractivity contribution in [3.05, 3.63) is 514 Å². The predicted molar refractivity (Wildman–Crippen MR) is 613 cm³/mol. The highest BCUT2D eigenvalue weighted by molar-refractivity contribution is 6.18. The Morgan fingerprint density at radius 1 is 0.169 bits per heavy atom. The van der Waals surface area contributed by atoms with Gasteiger partial charge in [0.15, 0.2) is 17.5 Å². The number of aromatic nitrogens is 9. The second kappa shape index (κ2) is 34.9. The van der Waals surface area contributed by atoms with E-state index in [0.717, 1.165) is 145 Å². The smallest absolute Gasteiger partial charge is 0.160 e. The van der Waals surface area contributed by atoms with Crippen molar-refractivity contribution >= 4 is 120 Å². The number of hydrogen-bond acceptors (Lipinski definition) is 7. The van der Waals surface area contributed by atoms with Crippen molar-refractivity contribution in [2.45, 2.75) is 38.5 Å². The Morgan fingerprint density at radius 2 is 0.453 bits per heavy atom. The second-order valence-electron chi connectivity index (χ2n) is 39.9. The summed E-state index contributed by atoms with van der Waals surface area (Å²) in [5.41, 5.74) is 41.9. The standard InChI is InChI=1S/2C47H33N3.C44H27N3O/c1-47(2)40-17-9-6-14-35(40)38-29-44-39(28-41(38)47)36-15-8-11-19-43(36)50(44)34-26-24-33(25-27-34)46-48-42-18-10-7-16-37(42)45(49-46)32-22-20-31(21-23-32)30-12-4-3-5-13-30;1-47(2)40-17-9-6-14-35(40)38-28-39-36-15-8-11-19-43(36)50(44(39)29-41(38)47)34-26-24-33(25-27-34)46-48-42-18-10-7-16-37(42)45(49-46)32-22-20-31(21-23-32)30-12-4-3-5-13-30;1-2-10-28(11-3-1)29-18-20-30(21-19-29)43-35-14-4-7-15-38(35)45-44(46-43)31-22-24-32(25-23-31)47-39-16-8-5-12-33(39)36-26-37-34-13-6-9-17-41(34)48-42(37)27-40(36)47/h2*3-29H,1-2H3;1-27H. The van der Waals surface area contributed by atoms with Crippen molar-refractivity contribution in [1.29, 1.82) is 0 Å². The summed E-state index contributed by atoms with van der Waals surface area (Å²) < 4.78 is 13.4. The highest BCUT2D eigenvalue weighted by Gasteiger charge is 2.39. The van der Waals surface area contributed by atoms with Crippen LogP contribution in [0.2, 0.25) is 0 Å². The molecule has 0 radical (unpaired) electrons. The van der Waals surface area contributed by atoms with Gasteiger partial charge in [-0.05, 0) is 223 Å². The number of fused-ring (bicyclic) bond motifs is 21. The molecule has 0 saturated carbocycles. The van der Waals surface area contributed by atoms with Crippen LogP contribution in [0, 0.1) is 0 Å². The molecule has 30 rings (SSSR count). The molecule has 0 spiro atoms. The molecule has 2 aliphatic carbocycles. The fourth-order valence-electron chi connectivity index (χ4n) is 23.3. The molecule has 0 amide bonds. The van der Waals surface area contributed by atoms with E-state index >= 15 is 0 Å². The zero-order valence-corrected chi connectivity index (χ0v) is 81.7. The van der Waals surface area contributed by atoms with E-state index in [4.69, 9.17) is 34.3 Å². The van der Waals surface area contributed by atoms with E-state index in [1.165, 1.54) is 132 Å². The molecular formula is C138H93N9O. The summed E-state index contributed by atoms with van der Waals surface area (Å²) in [7, 11) is 0. The van der Waals surface area contributed by atoms with Gasteiger partial charge in [0.25, 0.3) is 0 Å². The molecule has 148 heavy (non-hydrogen) atoms. The molecule has 7 heterocycles. The van der Waals surface area contributed by atoms with Crippen LogP contribution in [0.15, 0.2) is 496 Å². The number of hydrogen-bond donors (Lipinski definition) is 0. The molecule has 10 nitrogen and oxygen atoms in total. The van der Waals surface area contributed by atoms with Crippen LogP contribution in [0.1, 0.15) is 49.9 Å². The fraction of sp³-hybridized carbons (Fsp3) is 0.0435. The lowest BCUT2D eigenvalue weighted by atomic mass is 9.82. The summed E-state index contributed by atoms with van der Waals surface area (Å²) in [6.45, 7) is 9.39. The first-order chi connectivity index (χ1) is 72.9. The van der Waals surface area contributed by atoms with Gasteiger partial charge in [0, 0.05) is 127 Å². The molecule has 0 unspecified atom stereocenters. The molecule has 696 valence electrons. The Labute approximate surface area is 854 Å². The minimum atomic E-state index is -0.0712. The fourth-order valence-corrected chi connectivity index (χ4v) is 23.3. The summed E-state index contributed by atoms with van der Waals surface area (Å²) in [5, 5.41) is 12.9. The maximum atomic E-state index is 6.31. The Kier molecular flexibility index (Phi) is 20.4. The van der Waals surface area contributed by atoms with Crippen molar-refractivity contribution in [3.8, 4) is 141 Å². The Bertz CT molecular complexity index is 10200. The molecule has 2 aliphatic rings. The molecule has 0 atom stereocenters. The van der Waals surface area contributed by atoms with E-state index in [-0.39, 0.29) is 10.8 Å². The summed E-state index contributed by atoms with van der Waals surface area (Å²) in [5.74, 6) is 2.14. The van der Waals surface area contributed by atoms with Crippen molar-refractivity contribution < 1.29 is 4.42 Å². The molecular weight excluding hydrogens is 1800 g/mol. The highest BCUT2D eigenvalue weighted by Crippen LogP contribution is 2.54. The van der Waals surface area contributed by atoms with Crippen LogP contribution < -0.4 is 0 Å². The summed E-state index contributed by atoms with van der Waals surface area (Å²) >= 11 is 0. The Balaban J connectivity index is 0.000000107. The van der Waals surface area contributed by atoms with Crippen molar-refractivity contribution in [2.75, 3.05) is 0 Å². The molecule has 21 aromatic carbocycles. The average Bonchev–Trinajstić information content (AvgIpc) is 1.53. The number of rotatable bonds is 12. The van der Waals surface area contributed by atoms with E-state index in [0.29, 0.717) is 5.82 Å². The summed E-state index contributed by atoms with van der Waals surface area (Å²) in [6.07, 6.45) is 0. The molecule has 0 N–H and O–H groups in total. The summed E-state index contributed by atoms with van der Waals surface area (Å²) in [4.78, 5) is 30.7. The van der Waals surface area contributed by atoms with E-state index in [1.807, 2.05) is 54.6 Å². The van der Waals surface area contributed by atoms with Crippen LogP contribution in [0.5, 0.6) is 0 Å². The Morgan fingerprint density at radius 3 is 0.851 bits per heavy atom. The Hall–Kier alpha value is -19.2. The van der Waals surface area contributed by atoms with Gasteiger partial charge >= 0.3 is 0 Å². The van der Waals surface area contributed by atoms with Gasteiger partial charge in [0.2, 0.25) is 0 Å². The predicted octanol–water partition coefficient (Wildman–Crippen LogP) is 35.7. The van der Waals surface area contributed by atoms with Gasteiger partial charge in [-0.3, -0.25) is 0 Å². The molecule has 10 heteroatoms. The van der Waals surface area contributed by atoms with E-state index < -0.39 is 0 Å². The topological polar surface area (TPSA) is 105 Å². The first-order valence-corrected chi connectivity index (χ1v) is 50.7.